The Balaban J connectivity index is 1.50. The minimum Gasteiger partial charge on any atom is -0.489 e. The molecule has 29 heavy (non-hydrogen) atoms. The van der Waals surface area contributed by atoms with E-state index in [1.54, 1.807) is 24.3 Å². The fraction of sp³-hybridized carbons (Fsp3) is 0.500. The van der Waals surface area contributed by atoms with Gasteiger partial charge in [0.1, 0.15) is 18.1 Å². The van der Waals surface area contributed by atoms with Crippen molar-refractivity contribution >= 4 is 11.9 Å². The highest BCUT2D eigenvalue weighted by Crippen LogP contribution is 2.23. The smallest absolute Gasteiger partial charge is 0.338 e. The van der Waals surface area contributed by atoms with Crippen molar-refractivity contribution in [3.05, 3.63) is 46.8 Å². The molecule has 7 nitrogen and oxygen atoms in total. The molecule has 0 spiro atoms. The first-order valence-corrected chi connectivity index (χ1v) is 10.0. The average molecular weight is 400 g/mol. The van der Waals surface area contributed by atoms with Crippen LogP contribution in [-0.4, -0.2) is 29.7 Å². The SMILES string of the molecule is Cc1noc(C)c1COc1cccc(C(=O)OCC(=O)N[C@H]2CCCC[C@@H]2C)c1. The van der Waals surface area contributed by atoms with E-state index in [-0.39, 0.29) is 18.6 Å². The van der Waals surface area contributed by atoms with E-state index in [4.69, 9.17) is 14.0 Å². The van der Waals surface area contributed by atoms with Gasteiger partial charge in [0.25, 0.3) is 5.91 Å². The van der Waals surface area contributed by atoms with E-state index in [1.807, 2.05) is 13.8 Å². The van der Waals surface area contributed by atoms with Gasteiger partial charge in [0, 0.05) is 6.04 Å². The molecule has 3 rings (SSSR count). The second kappa shape index (κ2) is 9.58. The van der Waals surface area contributed by atoms with Crippen LogP contribution in [0.25, 0.3) is 0 Å². The van der Waals surface area contributed by atoms with E-state index < -0.39 is 5.97 Å². The van der Waals surface area contributed by atoms with E-state index >= 15 is 0 Å². The van der Waals surface area contributed by atoms with E-state index in [0.717, 1.165) is 30.5 Å². The molecule has 0 unspecified atom stereocenters. The number of nitrogens with zero attached hydrogens (tertiary/aromatic N) is 1. The third-order valence-electron chi connectivity index (χ3n) is 5.43. The molecule has 1 aliphatic carbocycles. The van der Waals surface area contributed by atoms with Gasteiger partial charge in [0.05, 0.1) is 16.8 Å². The Kier molecular flexibility index (Phi) is 6.90. The minimum absolute atomic E-state index is 0.163. The first kappa shape index (κ1) is 20.9. The van der Waals surface area contributed by atoms with Crippen LogP contribution in [0.15, 0.2) is 28.8 Å². The Morgan fingerprint density at radius 3 is 2.76 bits per heavy atom. The summed E-state index contributed by atoms with van der Waals surface area (Å²) in [4.78, 5) is 24.4. The Morgan fingerprint density at radius 1 is 1.24 bits per heavy atom. The number of hydrogen-bond donors (Lipinski definition) is 1. The second-order valence-corrected chi connectivity index (χ2v) is 7.63. The highest BCUT2D eigenvalue weighted by atomic mass is 16.5. The third kappa shape index (κ3) is 5.59. The van der Waals surface area contributed by atoms with Gasteiger partial charge in [-0.2, -0.15) is 0 Å². The number of carbonyl (C=O) groups is 2. The summed E-state index contributed by atoms with van der Waals surface area (Å²) in [6.45, 7) is 5.83. The zero-order chi connectivity index (χ0) is 20.8. The van der Waals surface area contributed by atoms with Gasteiger partial charge >= 0.3 is 5.97 Å². The molecule has 1 saturated carbocycles. The molecule has 1 heterocycles. The summed E-state index contributed by atoms with van der Waals surface area (Å²) in [7, 11) is 0. The van der Waals surface area contributed by atoms with Gasteiger partial charge in [-0.3, -0.25) is 4.79 Å². The Bertz CT molecular complexity index is 841. The number of esters is 1. The number of ether oxygens (including phenoxy) is 2. The van der Waals surface area contributed by atoms with E-state index in [9.17, 15) is 9.59 Å². The molecular formula is C22H28N2O5. The van der Waals surface area contributed by atoms with Crippen molar-refractivity contribution in [1.82, 2.24) is 10.5 Å². The average Bonchev–Trinajstić information content (AvgIpc) is 3.04. The number of benzene rings is 1. The number of rotatable bonds is 7. The lowest BCUT2D eigenvalue weighted by molar-refractivity contribution is -0.125. The van der Waals surface area contributed by atoms with Gasteiger partial charge in [-0.1, -0.05) is 31.0 Å². The molecule has 1 fully saturated rings. The predicted molar refractivity (Wildman–Crippen MR) is 107 cm³/mol. The van der Waals surface area contributed by atoms with Gasteiger partial charge in [-0.05, 0) is 50.8 Å². The number of aryl methyl sites for hydroxylation is 2. The monoisotopic (exact) mass is 400 g/mol. The van der Waals surface area contributed by atoms with Crippen LogP contribution in [0, 0.1) is 19.8 Å². The van der Waals surface area contributed by atoms with Crippen molar-refractivity contribution in [3.63, 3.8) is 0 Å². The van der Waals surface area contributed by atoms with Gasteiger partial charge < -0.3 is 19.3 Å². The normalized spacial score (nSPS) is 18.9. The van der Waals surface area contributed by atoms with Crippen LogP contribution >= 0.6 is 0 Å². The molecule has 0 saturated heterocycles. The van der Waals surface area contributed by atoms with Gasteiger partial charge in [0.2, 0.25) is 0 Å². The number of nitrogens with one attached hydrogen (secondary N) is 1. The van der Waals surface area contributed by atoms with Crippen LogP contribution in [0.1, 0.15) is 60.0 Å². The molecule has 7 heteroatoms. The van der Waals surface area contributed by atoms with Crippen LogP contribution in [0.4, 0.5) is 0 Å². The van der Waals surface area contributed by atoms with Crippen molar-refractivity contribution in [2.75, 3.05) is 6.61 Å². The molecule has 1 aromatic heterocycles. The van der Waals surface area contributed by atoms with E-state index in [1.165, 1.54) is 6.42 Å². The topological polar surface area (TPSA) is 90.7 Å². The van der Waals surface area contributed by atoms with Crippen LogP contribution < -0.4 is 10.1 Å². The Labute approximate surface area is 170 Å². The van der Waals surface area contributed by atoms with Crippen molar-refractivity contribution in [1.29, 1.82) is 0 Å². The van der Waals surface area contributed by atoms with Crippen LogP contribution in [0.3, 0.4) is 0 Å². The van der Waals surface area contributed by atoms with E-state index in [2.05, 4.69) is 17.4 Å². The fourth-order valence-corrected chi connectivity index (χ4v) is 3.57. The summed E-state index contributed by atoms with van der Waals surface area (Å²) in [6, 6.07) is 6.86. The molecule has 156 valence electrons. The quantitative estimate of drug-likeness (QED) is 0.713. The maximum absolute atomic E-state index is 12.3. The van der Waals surface area contributed by atoms with Gasteiger partial charge in [0.15, 0.2) is 6.61 Å². The van der Waals surface area contributed by atoms with Crippen LogP contribution in [0.2, 0.25) is 0 Å². The third-order valence-corrected chi connectivity index (χ3v) is 5.43. The van der Waals surface area contributed by atoms with Crippen molar-refractivity contribution in [3.8, 4) is 5.75 Å². The standard InChI is InChI=1S/C22H28N2O5/c1-14-7-4-5-10-20(14)23-21(25)13-28-22(26)17-8-6-9-18(11-17)27-12-19-15(2)24-29-16(19)3/h6,8-9,11,14,20H,4-5,7,10,12-13H2,1-3H3,(H,23,25)/t14-,20-/m0/s1. The molecule has 1 aliphatic rings. The summed E-state index contributed by atoms with van der Waals surface area (Å²) in [5.41, 5.74) is 1.99. The fourth-order valence-electron chi connectivity index (χ4n) is 3.57. The molecule has 1 N–H and O–H groups in total. The van der Waals surface area contributed by atoms with Crippen molar-refractivity contribution < 1.29 is 23.6 Å². The molecule has 0 bridgehead atoms. The molecule has 0 radical (unpaired) electrons. The number of aromatic nitrogens is 1. The largest absolute Gasteiger partial charge is 0.489 e. The second-order valence-electron chi connectivity index (χ2n) is 7.63. The highest BCUT2D eigenvalue weighted by Gasteiger charge is 2.23. The van der Waals surface area contributed by atoms with Crippen molar-refractivity contribution in [2.24, 2.45) is 5.92 Å². The summed E-state index contributed by atoms with van der Waals surface area (Å²) in [5, 5.41) is 6.87. The maximum atomic E-state index is 12.3. The summed E-state index contributed by atoms with van der Waals surface area (Å²) in [5.74, 6) is 0.869. The summed E-state index contributed by atoms with van der Waals surface area (Å²) >= 11 is 0. The van der Waals surface area contributed by atoms with E-state index in [0.29, 0.717) is 29.6 Å². The number of amides is 1. The lowest BCUT2D eigenvalue weighted by Crippen LogP contribution is -2.42. The molecule has 2 atom stereocenters. The minimum atomic E-state index is -0.556. The van der Waals surface area contributed by atoms with Gasteiger partial charge in [-0.15, -0.1) is 0 Å². The Hall–Kier alpha value is -2.83. The van der Waals surface area contributed by atoms with Gasteiger partial charge in [-0.25, -0.2) is 4.79 Å². The van der Waals surface area contributed by atoms with Crippen molar-refractivity contribution in [2.45, 2.75) is 59.1 Å². The predicted octanol–water partition coefficient (Wildman–Crippen LogP) is 3.72. The van der Waals surface area contributed by atoms with Crippen LogP contribution in [0.5, 0.6) is 5.75 Å². The molecular weight excluding hydrogens is 372 g/mol. The molecule has 2 aromatic rings. The molecule has 0 aliphatic heterocycles. The molecule has 1 amide bonds. The summed E-state index contributed by atoms with van der Waals surface area (Å²) in [6.07, 6.45) is 4.42. The number of hydrogen-bond acceptors (Lipinski definition) is 6. The number of carbonyl (C=O) groups excluding carboxylic acids is 2. The van der Waals surface area contributed by atoms with Crippen LogP contribution in [-0.2, 0) is 16.1 Å². The first-order chi connectivity index (χ1) is 13.9. The zero-order valence-corrected chi connectivity index (χ0v) is 17.2. The Morgan fingerprint density at radius 2 is 2.03 bits per heavy atom. The lowest BCUT2D eigenvalue weighted by atomic mass is 9.86. The zero-order valence-electron chi connectivity index (χ0n) is 17.2. The highest BCUT2D eigenvalue weighted by molar-refractivity contribution is 5.91. The maximum Gasteiger partial charge on any atom is 0.338 e. The summed E-state index contributed by atoms with van der Waals surface area (Å²) < 4.78 is 16.1. The lowest BCUT2D eigenvalue weighted by Gasteiger charge is -2.29. The molecule has 1 aromatic carbocycles. The first-order valence-electron chi connectivity index (χ1n) is 10.0.